The van der Waals surface area contributed by atoms with Crippen LogP contribution in [0.4, 0.5) is 10.2 Å². The molecule has 3 N–H and O–H groups in total. The van der Waals surface area contributed by atoms with Crippen LogP contribution in [-0.4, -0.2) is 42.5 Å². The lowest BCUT2D eigenvalue weighted by molar-refractivity contribution is 0.102. The normalized spacial score (nSPS) is 28.4. The third kappa shape index (κ3) is 3.36. The zero-order valence-electron chi connectivity index (χ0n) is 17.5. The zero-order chi connectivity index (χ0) is 23.5. The summed E-state index contributed by atoms with van der Waals surface area (Å²) in [6.45, 7) is 5.48. The van der Waals surface area contributed by atoms with Crippen LogP contribution in [-0.2, 0) is 15.3 Å². The molecule has 8 nitrogen and oxygen atoms in total. The molecule has 3 atom stereocenters. The van der Waals surface area contributed by atoms with Gasteiger partial charge in [-0.05, 0) is 45.4 Å². The van der Waals surface area contributed by atoms with Gasteiger partial charge in [-0.25, -0.2) is 22.9 Å². The summed E-state index contributed by atoms with van der Waals surface area (Å²) >= 11 is 11.9. The third-order valence-electron chi connectivity index (χ3n) is 5.98. The van der Waals surface area contributed by atoms with E-state index in [9.17, 15) is 9.00 Å². The number of fused-ring (bicyclic) bond motifs is 1. The number of aromatic nitrogens is 2. The number of amidine groups is 1. The van der Waals surface area contributed by atoms with E-state index in [-0.39, 0.29) is 33.1 Å². The standard InChI is InChI=1S/C20H21Cl2FN6O2S/c1-19(2)18(24)29-20(3,13-6-7-26-32(13,19)31)16-12(23)4-5-14(27-16)28-17(30)15-11(22)8-10(21)9-25-15/h4-5,8-9,13H,6-7H2,1-3H3,(H2,24,29)(H,27,28,30)/t13-,20-,32+/m0/s1. The number of nitrogens with two attached hydrogens (primary N) is 1. The Balaban J connectivity index is 1.76. The van der Waals surface area contributed by atoms with Gasteiger partial charge in [0.1, 0.15) is 39.1 Å². The van der Waals surface area contributed by atoms with Crippen molar-refractivity contribution in [3.05, 3.63) is 51.6 Å². The van der Waals surface area contributed by atoms with E-state index in [1.165, 1.54) is 24.4 Å². The summed E-state index contributed by atoms with van der Waals surface area (Å²) in [5.74, 6) is -1.12. The number of nitrogens with one attached hydrogen (secondary N) is 1. The van der Waals surface area contributed by atoms with Crippen molar-refractivity contribution >= 4 is 50.5 Å². The number of aliphatic imine (C=N–C) groups is 1. The van der Waals surface area contributed by atoms with Crippen molar-refractivity contribution < 1.29 is 13.4 Å². The molecular formula is C20H21Cl2FN6O2S. The summed E-state index contributed by atoms with van der Waals surface area (Å²) in [7, 11) is -2.85. The highest BCUT2D eigenvalue weighted by Crippen LogP contribution is 2.47. The molecule has 2 aliphatic heterocycles. The lowest BCUT2D eigenvalue weighted by Crippen LogP contribution is -2.58. The molecule has 0 bridgehead atoms. The number of amides is 1. The van der Waals surface area contributed by atoms with Gasteiger partial charge in [0, 0.05) is 12.7 Å². The third-order valence-corrected chi connectivity index (χ3v) is 10.2. The van der Waals surface area contributed by atoms with Gasteiger partial charge in [0.05, 0.1) is 25.0 Å². The predicted octanol–water partition coefficient (Wildman–Crippen LogP) is 3.78. The van der Waals surface area contributed by atoms with Crippen molar-refractivity contribution in [3.8, 4) is 0 Å². The number of carbonyl (C=O) groups excluding carboxylic acids is 1. The van der Waals surface area contributed by atoms with E-state index in [0.717, 1.165) is 0 Å². The smallest absolute Gasteiger partial charge is 0.276 e. The molecule has 0 aliphatic carbocycles. The maximum absolute atomic E-state index is 15.0. The van der Waals surface area contributed by atoms with Gasteiger partial charge in [0.25, 0.3) is 5.91 Å². The Hall–Kier alpha value is -2.30. The topological polar surface area (TPSA) is 123 Å². The van der Waals surface area contributed by atoms with Crippen molar-refractivity contribution in [2.24, 2.45) is 15.1 Å². The SMILES string of the molecule is CC1(C)C(N)=N[C@](C)(c2nc(NC(=O)c3ncc(Cl)cc3Cl)ccc2F)[C@@H]2CCN=[S@@]21=O. The van der Waals surface area contributed by atoms with E-state index in [4.69, 9.17) is 28.9 Å². The van der Waals surface area contributed by atoms with Crippen LogP contribution in [0, 0.1) is 5.82 Å². The summed E-state index contributed by atoms with van der Waals surface area (Å²) in [6, 6.07) is 3.86. The van der Waals surface area contributed by atoms with Crippen molar-refractivity contribution in [1.82, 2.24) is 9.97 Å². The fourth-order valence-corrected chi connectivity index (χ4v) is 7.71. The maximum atomic E-state index is 15.0. The molecule has 2 aromatic rings. The molecular weight excluding hydrogens is 478 g/mol. The second-order valence-electron chi connectivity index (χ2n) is 8.32. The Labute approximate surface area is 195 Å². The van der Waals surface area contributed by atoms with E-state index in [1.54, 1.807) is 20.8 Å². The van der Waals surface area contributed by atoms with E-state index >= 15 is 4.39 Å². The molecule has 0 spiro atoms. The number of anilines is 1. The van der Waals surface area contributed by atoms with Crippen molar-refractivity contribution in [2.45, 2.75) is 42.7 Å². The van der Waals surface area contributed by atoms with Gasteiger partial charge in [-0.1, -0.05) is 23.2 Å². The minimum atomic E-state index is -2.85. The lowest BCUT2D eigenvalue weighted by Gasteiger charge is -2.44. The van der Waals surface area contributed by atoms with Crippen LogP contribution < -0.4 is 11.1 Å². The fraction of sp³-hybridized carbons (Fsp3) is 0.400. The molecule has 0 saturated carbocycles. The van der Waals surface area contributed by atoms with Crippen molar-refractivity contribution in [1.29, 1.82) is 0 Å². The highest BCUT2D eigenvalue weighted by Gasteiger charge is 2.57. The molecule has 0 radical (unpaired) electrons. The number of halogens is 3. The summed E-state index contributed by atoms with van der Waals surface area (Å²) in [4.78, 5) is 25.5. The molecule has 2 aromatic heterocycles. The molecule has 0 aromatic carbocycles. The van der Waals surface area contributed by atoms with Crippen LogP contribution in [0.15, 0.2) is 33.8 Å². The van der Waals surface area contributed by atoms with Crippen LogP contribution in [0.1, 0.15) is 43.4 Å². The number of pyridine rings is 2. The first-order valence-electron chi connectivity index (χ1n) is 9.76. The number of rotatable bonds is 3. The molecule has 170 valence electrons. The molecule has 0 saturated heterocycles. The van der Waals surface area contributed by atoms with E-state index in [2.05, 4.69) is 24.6 Å². The van der Waals surface area contributed by atoms with Crippen LogP contribution in [0.2, 0.25) is 10.0 Å². The average Bonchev–Trinajstić information content (AvgIpc) is 3.13. The van der Waals surface area contributed by atoms with Gasteiger partial charge in [0.15, 0.2) is 0 Å². The highest BCUT2D eigenvalue weighted by atomic mass is 35.5. The first kappa shape index (κ1) is 22.9. The van der Waals surface area contributed by atoms with Gasteiger partial charge in [0.2, 0.25) is 0 Å². The van der Waals surface area contributed by atoms with Gasteiger partial charge in [-0.3, -0.25) is 9.79 Å². The summed E-state index contributed by atoms with van der Waals surface area (Å²) < 4.78 is 32.3. The van der Waals surface area contributed by atoms with Crippen LogP contribution >= 0.6 is 23.2 Å². The first-order valence-corrected chi connectivity index (χ1v) is 12.1. The number of hydrogen-bond donors (Lipinski definition) is 2. The van der Waals surface area contributed by atoms with Gasteiger partial charge in [-0.2, -0.15) is 0 Å². The molecule has 32 heavy (non-hydrogen) atoms. The zero-order valence-corrected chi connectivity index (χ0v) is 19.9. The van der Waals surface area contributed by atoms with Crippen LogP contribution in [0.3, 0.4) is 0 Å². The van der Waals surface area contributed by atoms with Gasteiger partial charge < -0.3 is 11.1 Å². The average molecular weight is 499 g/mol. The number of hydrogen-bond acceptors (Lipinski definition) is 7. The Bertz CT molecular complexity index is 1290. The van der Waals surface area contributed by atoms with E-state index in [0.29, 0.717) is 13.0 Å². The number of nitrogens with zero attached hydrogens (tertiary/aromatic N) is 4. The summed E-state index contributed by atoms with van der Waals surface area (Å²) in [5, 5.41) is 2.31. The predicted molar refractivity (Wildman–Crippen MR) is 123 cm³/mol. The minimum absolute atomic E-state index is 0.0560. The molecule has 1 amide bonds. The monoisotopic (exact) mass is 498 g/mol. The fourth-order valence-electron chi connectivity index (χ4n) is 4.10. The van der Waals surface area contributed by atoms with Gasteiger partial charge in [-0.15, -0.1) is 0 Å². The number of carbonyl (C=O) groups is 1. The summed E-state index contributed by atoms with van der Waals surface area (Å²) in [6.07, 6.45) is 1.74. The molecule has 0 unspecified atom stereocenters. The van der Waals surface area contributed by atoms with Crippen LogP contribution in [0.25, 0.3) is 0 Å². The highest BCUT2D eigenvalue weighted by molar-refractivity contribution is 7.96. The Morgan fingerprint density at radius 2 is 2.03 bits per heavy atom. The van der Waals surface area contributed by atoms with Crippen molar-refractivity contribution in [3.63, 3.8) is 0 Å². The largest absolute Gasteiger partial charge is 0.386 e. The second kappa shape index (κ2) is 7.64. The molecule has 12 heteroatoms. The molecule has 2 aliphatic rings. The Morgan fingerprint density at radius 1 is 1.31 bits per heavy atom. The molecule has 0 fully saturated rings. The minimum Gasteiger partial charge on any atom is -0.386 e. The maximum Gasteiger partial charge on any atom is 0.276 e. The molecule has 4 heterocycles. The van der Waals surface area contributed by atoms with Crippen LogP contribution in [0.5, 0.6) is 0 Å². The lowest BCUT2D eigenvalue weighted by atomic mass is 9.89. The quantitative estimate of drug-likeness (QED) is 0.666. The molecule has 4 rings (SSSR count). The van der Waals surface area contributed by atoms with E-state index < -0.39 is 37.0 Å². The Morgan fingerprint density at radius 3 is 2.72 bits per heavy atom. The first-order chi connectivity index (χ1) is 14.9. The second-order valence-corrected chi connectivity index (χ2v) is 12.1. The van der Waals surface area contributed by atoms with Gasteiger partial charge >= 0.3 is 0 Å². The van der Waals surface area contributed by atoms with Crippen molar-refractivity contribution in [2.75, 3.05) is 11.9 Å². The summed E-state index contributed by atoms with van der Waals surface area (Å²) in [5.41, 5.74) is 4.74. The Kier molecular flexibility index (Phi) is 5.46. The van der Waals surface area contributed by atoms with E-state index in [1.807, 2.05) is 0 Å².